The number of nitrogens with one attached hydrogen (secondary N) is 4. The summed E-state index contributed by atoms with van der Waals surface area (Å²) in [5.41, 5.74) is 6.66. The van der Waals surface area contributed by atoms with Crippen molar-refractivity contribution >= 4 is 46.5 Å². The first-order chi connectivity index (χ1) is 30.3. The van der Waals surface area contributed by atoms with Crippen molar-refractivity contribution in [2.45, 2.75) is 58.8 Å². The lowest BCUT2D eigenvalue weighted by Crippen LogP contribution is -2.58. The van der Waals surface area contributed by atoms with Crippen molar-refractivity contribution in [1.29, 1.82) is 0 Å². The molecule has 2 aromatic heterocycles. The summed E-state index contributed by atoms with van der Waals surface area (Å²) < 4.78 is 16.3. The molecule has 17 heteroatoms. The highest BCUT2D eigenvalue weighted by Gasteiger charge is 2.44. The lowest BCUT2D eigenvalue weighted by atomic mass is 9.85. The van der Waals surface area contributed by atoms with E-state index in [1.54, 1.807) is 48.2 Å². The molecule has 1 aliphatic heterocycles. The van der Waals surface area contributed by atoms with Crippen molar-refractivity contribution in [2.75, 3.05) is 51.9 Å². The lowest BCUT2D eigenvalue weighted by molar-refractivity contribution is -0.144. The van der Waals surface area contributed by atoms with Gasteiger partial charge in [-0.15, -0.1) is 11.3 Å². The molecule has 3 atom stereocenters. The average Bonchev–Trinajstić information content (AvgIpc) is 3.90. The number of benzene rings is 3. The molecular formula is C46H54N8O8S. The molecule has 3 aromatic carbocycles. The number of aryl methyl sites for hydroxylation is 1. The zero-order chi connectivity index (χ0) is 44.9. The maximum atomic E-state index is 13.9. The Hall–Kier alpha value is -6.27. The van der Waals surface area contributed by atoms with Crippen molar-refractivity contribution in [3.8, 4) is 27.4 Å². The number of rotatable bonds is 19. The molecule has 1 saturated heterocycles. The Morgan fingerprint density at radius 1 is 0.905 bits per heavy atom. The molecular weight excluding hydrogens is 825 g/mol. The van der Waals surface area contributed by atoms with E-state index in [1.807, 2.05) is 82.3 Å². The minimum atomic E-state index is -0.988. The highest BCUT2D eigenvalue weighted by Crippen LogP contribution is 2.29. The standard InChI is InChI=1S/C46H54N8O8S/c1-29-41(63-28-51-29)31-11-9-30(10-12-31)24-48-44(58)38-22-35(55)25-54(38)45(59)42(46(2,3)4)53-40(56)26-62-20-19-61-18-17-47-43(57)33-8-6-7-32(21-33)37-23-39(50-27-49-37)52-34-13-15-36(60-5)16-14-34/h6-16,21,23,27-28,35,38,42,55H,17-20,22,24-26H2,1-5H3,(H,47,57)(H,48,58)(H,53,56)(H,49,50,52)/t35-,38+,42-/m1/s1. The molecule has 1 fully saturated rings. The molecule has 0 spiro atoms. The van der Waals surface area contributed by atoms with Crippen molar-refractivity contribution in [2.24, 2.45) is 5.41 Å². The van der Waals surface area contributed by atoms with Gasteiger partial charge in [-0.25, -0.2) is 15.0 Å². The number of carbonyl (C=O) groups is 4. The third-order valence-electron chi connectivity index (χ3n) is 10.3. The first-order valence-electron chi connectivity index (χ1n) is 20.6. The SMILES string of the molecule is COc1ccc(Nc2cc(-c3cccc(C(=O)NCCOCCOCC(=O)N[C@H](C(=O)N4C[C@H](O)C[C@H]4C(=O)NCc4ccc(-c5scnc5C)cc4)C(C)(C)C)c3)ncn2)cc1. The van der Waals surface area contributed by atoms with E-state index in [0.717, 1.165) is 38.7 Å². The van der Waals surface area contributed by atoms with Gasteiger partial charge in [-0.05, 0) is 59.9 Å². The van der Waals surface area contributed by atoms with Gasteiger partial charge in [0, 0.05) is 48.9 Å². The van der Waals surface area contributed by atoms with Gasteiger partial charge in [0.15, 0.2) is 0 Å². The molecule has 0 bridgehead atoms. The van der Waals surface area contributed by atoms with Gasteiger partial charge in [-0.2, -0.15) is 0 Å². The molecule has 4 amide bonds. The Kier molecular flexibility index (Phi) is 15.9. The van der Waals surface area contributed by atoms with Gasteiger partial charge in [0.2, 0.25) is 17.7 Å². The van der Waals surface area contributed by atoms with Crippen LogP contribution in [0, 0.1) is 12.3 Å². The van der Waals surface area contributed by atoms with E-state index in [0.29, 0.717) is 17.1 Å². The Morgan fingerprint density at radius 2 is 1.67 bits per heavy atom. The monoisotopic (exact) mass is 878 g/mol. The molecule has 0 unspecified atom stereocenters. The normalized spacial score (nSPS) is 15.4. The number of anilines is 2. The summed E-state index contributed by atoms with van der Waals surface area (Å²) >= 11 is 1.57. The number of β-amino-alcohol motifs (C(OH)–C–C–N with tert-alkyl or cyclic N) is 1. The number of ether oxygens (including phenoxy) is 3. The van der Waals surface area contributed by atoms with Gasteiger partial charge in [0.05, 0.1) is 54.8 Å². The lowest BCUT2D eigenvalue weighted by Gasteiger charge is -2.35. The Morgan fingerprint density at radius 3 is 2.38 bits per heavy atom. The summed E-state index contributed by atoms with van der Waals surface area (Å²) in [5.74, 6) is -0.291. The summed E-state index contributed by atoms with van der Waals surface area (Å²) in [6.45, 7) is 8.02. The number of hydrogen-bond donors (Lipinski definition) is 5. The topological polar surface area (TPSA) is 206 Å². The third kappa shape index (κ3) is 12.9. The van der Waals surface area contributed by atoms with Crippen LogP contribution in [0.2, 0.25) is 0 Å². The summed E-state index contributed by atoms with van der Waals surface area (Å²) in [5, 5.41) is 22.3. The van der Waals surface area contributed by atoms with Crippen LogP contribution < -0.4 is 26.0 Å². The third-order valence-corrected chi connectivity index (χ3v) is 11.3. The molecule has 6 rings (SSSR count). The Bertz CT molecular complexity index is 2330. The van der Waals surface area contributed by atoms with Crippen LogP contribution in [0.15, 0.2) is 90.7 Å². The fourth-order valence-corrected chi connectivity index (χ4v) is 7.74. The summed E-state index contributed by atoms with van der Waals surface area (Å²) in [6.07, 6.45) is 0.659. The summed E-state index contributed by atoms with van der Waals surface area (Å²) in [4.78, 5) is 68.7. The molecule has 332 valence electrons. The van der Waals surface area contributed by atoms with Gasteiger partial charge in [-0.3, -0.25) is 19.2 Å². The van der Waals surface area contributed by atoms with Crippen LogP contribution in [0.25, 0.3) is 21.7 Å². The first-order valence-corrected chi connectivity index (χ1v) is 21.5. The summed E-state index contributed by atoms with van der Waals surface area (Å²) in [6, 6.07) is 22.3. The second-order valence-corrected chi connectivity index (χ2v) is 16.9. The predicted octanol–water partition coefficient (Wildman–Crippen LogP) is 4.90. The van der Waals surface area contributed by atoms with Crippen LogP contribution in [0.1, 0.15) is 48.8 Å². The largest absolute Gasteiger partial charge is 0.497 e. The molecule has 16 nitrogen and oxygen atoms in total. The minimum absolute atomic E-state index is 0.0304. The average molecular weight is 879 g/mol. The quantitative estimate of drug-likeness (QED) is 0.0703. The second-order valence-electron chi connectivity index (χ2n) is 16.1. The van der Waals surface area contributed by atoms with Crippen LogP contribution >= 0.6 is 11.3 Å². The van der Waals surface area contributed by atoms with Crippen LogP contribution in [0.4, 0.5) is 11.5 Å². The number of hydrogen-bond acceptors (Lipinski definition) is 13. The van der Waals surface area contributed by atoms with E-state index in [4.69, 9.17) is 14.2 Å². The van der Waals surface area contributed by atoms with E-state index in [-0.39, 0.29) is 64.3 Å². The number of amides is 4. The summed E-state index contributed by atoms with van der Waals surface area (Å²) in [7, 11) is 1.61. The first kappa shape index (κ1) is 46.2. The van der Waals surface area contributed by atoms with Crippen LogP contribution in [0.3, 0.4) is 0 Å². The zero-order valence-electron chi connectivity index (χ0n) is 36.1. The van der Waals surface area contributed by atoms with Crippen LogP contribution in [0.5, 0.6) is 5.75 Å². The molecule has 0 radical (unpaired) electrons. The van der Waals surface area contributed by atoms with E-state index < -0.39 is 35.4 Å². The smallest absolute Gasteiger partial charge is 0.251 e. The molecule has 3 heterocycles. The molecule has 63 heavy (non-hydrogen) atoms. The fraction of sp³-hybridized carbons (Fsp3) is 0.370. The van der Waals surface area contributed by atoms with Crippen LogP contribution in [-0.4, -0.2) is 113 Å². The second kappa shape index (κ2) is 21.7. The zero-order valence-corrected chi connectivity index (χ0v) is 36.9. The maximum absolute atomic E-state index is 13.9. The van der Waals surface area contributed by atoms with E-state index in [9.17, 15) is 24.3 Å². The van der Waals surface area contributed by atoms with Gasteiger partial charge >= 0.3 is 0 Å². The number of methoxy groups -OCH3 is 1. The van der Waals surface area contributed by atoms with Gasteiger partial charge in [0.25, 0.3) is 5.91 Å². The molecule has 5 N–H and O–H groups in total. The minimum Gasteiger partial charge on any atom is -0.497 e. The van der Waals surface area contributed by atoms with E-state index in [1.165, 1.54) is 11.2 Å². The van der Waals surface area contributed by atoms with E-state index >= 15 is 0 Å². The Labute approximate surface area is 370 Å². The molecule has 0 aliphatic carbocycles. The Balaban J connectivity index is 0.898. The number of thiazole rings is 1. The van der Waals surface area contributed by atoms with Crippen molar-refractivity contribution < 1.29 is 38.5 Å². The highest BCUT2D eigenvalue weighted by molar-refractivity contribution is 7.13. The van der Waals surface area contributed by atoms with Crippen molar-refractivity contribution in [3.63, 3.8) is 0 Å². The van der Waals surface area contributed by atoms with Crippen LogP contribution in [-0.2, 0) is 30.4 Å². The maximum Gasteiger partial charge on any atom is 0.251 e. The van der Waals surface area contributed by atoms with Crippen molar-refractivity contribution in [1.82, 2.24) is 35.8 Å². The van der Waals surface area contributed by atoms with Gasteiger partial charge < -0.3 is 45.5 Å². The number of aliphatic hydroxyl groups is 1. The number of carbonyl (C=O) groups excluding carboxylic acids is 4. The number of aliphatic hydroxyl groups excluding tert-OH is 1. The number of likely N-dealkylation sites (tertiary alicyclic amines) is 1. The fourth-order valence-electron chi connectivity index (χ4n) is 6.93. The molecule has 5 aromatic rings. The number of nitrogens with zero attached hydrogens (tertiary/aromatic N) is 4. The highest BCUT2D eigenvalue weighted by atomic mass is 32.1. The van der Waals surface area contributed by atoms with Crippen molar-refractivity contribution in [3.05, 3.63) is 108 Å². The molecule has 1 aliphatic rings. The van der Waals surface area contributed by atoms with Gasteiger partial charge in [-0.1, -0.05) is 57.2 Å². The molecule has 0 saturated carbocycles. The predicted molar refractivity (Wildman–Crippen MR) is 239 cm³/mol. The van der Waals surface area contributed by atoms with Gasteiger partial charge in [0.1, 0.15) is 36.6 Å². The van der Waals surface area contributed by atoms with E-state index in [2.05, 4.69) is 36.2 Å². The number of aromatic nitrogens is 3.